The van der Waals surface area contributed by atoms with E-state index in [1.807, 2.05) is 11.0 Å². The lowest BCUT2D eigenvalue weighted by atomic mass is 9.90. The Hall–Kier alpha value is -0.770. The van der Waals surface area contributed by atoms with Crippen molar-refractivity contribution in [3.05, 3.63) is 33.8 Å². The van der Waals surface area contributed by atoms with Gasteiger partial charge in [-0.2, -0.15) is 0 Å². The lowest BCUT2D eigenvalue weighted by molar-refractivity contribution is -0.132. The molecule has 0 aliphatic carbocycles. The average Bonchev–Trinajstić information content (AvgIpc) is 2.43. The van der Waals surface area contributed by atoms with E-state index in [-0.39, 0.29) is 11.9 Å². The van der Waals surface area contributed by atoms with E-state index in [1.165, 1.54) is 0 Å². The minimum Gasteiger partial charge on any atom is -0.342 e. The van der Waals surface area contributed by atoms with E-state index in [0.29, 0.717) is 22.4 Å². The number of benzene rings is 1. The first-order chi connectivity index (χ1) is 9.51. The van der Waals surface area contributed by atoms with Gasteiger partial charge in [0.25, 0.3) is 0 Å². The predicted octanol–water partition coefficient (Wildman–Crippen LogP) is 3.12. The number of carbonyl (C=O) groups excluding carboxylic acids is 1. The summed E-state index contributed by atoms with van der Waals surface area (Å²) in [5.41, 5.74) is 6.97. The Morgan fingerprint density at radius 2 is 2.15 bits per heavy atom. The average molecular weight is 315 g/mol. The molecule has 1 fully saturated rings. The van der Waals surface area contributed by atoms with Gasteiger partial charge in [-0.3, -0.25) is 4.79 Å². The molecule has 2 rings (SSSR count). The summed E-state index contributed by atoms with van der Waals surface area (Å²) < 4.78 is 0. The van der Waals surface area contributed by atoms with E-state index in [1.54, 1.807) is 12.1 Å². The molecule has 1 heterocycles. The first kappa shape index (κ1) is 15.6. The number of rotatable bonds is 3. The standard InChI is InChI=1S/C15H20Cl2N2O/c1-2-11-9-19(6-5-14(11)18)15(20)8-10-3-4-12(16)13(17)7-10/h3-4,7,11,14H,2,5-6,8-9,18H2,1H3. The molecule has 0 spiro atoms. The van der Waals surface area contributed by atoms with Crippen molar-refractivity contribution >= 4 is 29.1 Å². The maximum atomic E-state index is 12.3. The fraction of sp³-hybridized carbons (Fsp3) is 0.533. The van der Waals surface area contributed by atoms with E-state index in [0.717, 1.165) is 31.5 Å². The Labute approximate surface area is 130 Å². The number of amides is 1. The summed E-state index contributed by atoms with van der Waals surface area (Å²) in [6.07, 6.45) is 2.26. The highest BCUT2D eigenvalue weighted by atomic mass is 35.5. The summed E-state index contributed by atoms with van der Waals surface area (Å²) in [6, 6.07) is 5.55. The summed E-state index contributed by atoms with van der Waals surface area (Å²) in [7, 11) is 0. The van der Waals surface area contributed by atoms with Gasteiger partial charge in [0.15, 0.2) is 0 Å². The van der Waals surface area contributed by atoms with E-state index < -0.39 is 0 Å². The van der Waals surface area contributed by atoms with E-state index in [4.69, 9.17) is 28.9 Å². The molecule has 2 unspecified atom stereocenters. The van der Waals surface area contributed by atoms with Crippen LogP contribution in [0.5, 0.6) is 0 Å². The molecule has 3 nitrogen and oxygen atoms in total. The molecule has 0 radical (unpaired) electrons. The molecule has 1 aliphatic rings. The second-order valence-corrected chi connectivity index (χ2v) is 6.20. The molecule has 1 amide bonds. The lowest BCUT2D eigenvalue weighted by Crippen LogP contribution is -2.49. The van der Waals surface area contributed by atoms with Crippen molar-refractivity contribution in [3.8, 4) is 0 Å². The zero-order valence-corrected chi connectivity index (χ0v) is 13.1. The molecule has 1 aromatic rings. The zero-order chi connectivity index (χ0) is 14.7. The monoisotopic (exact) mass is 314 g/mol. The molecule has 2 atom stereocenters. The van der Waals surface area contributed by atoms with Crippen molar-refractivity contribution in [3.63, 3.8) is 0 Å². The molecule has 1 saturated heterocycles. The Balaban J connectivity index is 1.99. The summed E-state index contributed by atoms with van der Waals surface area (Å²) in [4.78, 5) is 14.3. The van der Waals surface area contributed by atoms with Crippen LogP contribution in [0.4, 0.5) is 0 Å². The minimum atomic E-state index is 0.133. The van der Waals surface area contributed by atoms with Crippen LogP contribution < -0.4 is 5.73 Å². The summed E-state index contributed by atoms with van der Waals surface area (Å²) in [6.45, 7) is 3.63. The summed E-state index contributed by atoms with van der Waals surface area (Å²) in [5, 5.41) is 1.00. The molecule has 20 heavy (non-hydrogen) atoms. The van der Waals surface area contributed by atoms with Gasteiger partial charge in [0.05, 0.1) is 16.5 Å². The first-order valence-corrected chi connectivity index (χ1v) is 7.74. The molecule has 0 aromatic heterocycles. The molecule has 0 saturated carbocycles. The topological polar surface area (TPSA) is 46.3 Å². The second-order valence-electron chi connectivity index (χ2n) is 5.39. The van der Waals surface area contributed by atoms with Gasteiger partial charge in [-0.05, 0) is 30.0 Å². The van der Waals surface area contributed by atoms with E-state index >= 15 is 0 Å². The van der Waals surface area contributed by atoms with Crippen molar-refractivity contribution in [2.45, 2.75) is 32.2 Å². The van der Waals surface area contributed by atoms with Crippen molar-refractivity contribution in [1.29, 1.82) is 0 Å². The Bertz CT molecular complexity index is 493. The zero-order valence-electron chi connectivity index (χ0n) is 11.6. The van der Waals surface area contributed by atoms with Crippen molar-refractivity contribution < 1.29 is 4.79 Å². The Morgan fingerprint density at radius 1 is 1.40 bits per heavy atom. The number of nitrogens with zero attached hydrogens (tertiary/aromatic N) is 1. The van der Waals surface area contributed by atoms with Gasteiger partial charge in [0, 0.05) is 19.1 Å². The molecule has 0 bridgehead atoms. The highest BCUT2D eigenvalue weighted by Gasteiger charge is 2.27. The van der Waals surface area contributed by atoms with Crippen LogP contribution >= 0.6 is 23.2 Å². The molecule has 1 aromatic carbocycles. The number of piperidine rings is 1. The van der Waals surface area contributed by atoms with Crippen LogP contribution in [0, 0.1) is 5.92 Å². The predicted molar refractivity (Wildman–Crippen MR) is 83.1 cm³/mol. The number of likely N-dealkylation sites (tertiary alicyclic amines) is 1. The third kappa shape index (κ3) is 3.66. The lowest BCUT2D eigenvalue weighted by Gasteiger charge is -2.36. The quantitative estimate of drug-likeness (QED) is 0.931. The second kappa shape index (κ2) is 6.79. The van der Waals surface area contributed by atoms with Gasteiger partial charge in [0.2, 0.25) is 5.91 Å². The van der Waals surface area contributed by atoms with Crippen LogP contribution in [0.15, 0.2) is 18.2 Å². The molecule has 110 valence electrons. The van der Waals surface area contributed by atoms with Crippen molar-refractivity contribution in [1.82, 2.24) is 4.90 Å². The van der Waals surface area contributed by atoms with Crippen LogP contribution in [0.1, 0.15) is 25.3 Å². The van der Waals surface area contributed by atoms with Crippen LogP contribution in [0.2, 0.25) is 10.0 Å². The van der Waals surface area contributed by atoms with E-state index in [2.05, 4.69) is 6.92 Å². The molecule has 1 aliphatic heterocycles. The van der Waals surface area contributed by atoms with Gasteiger partial charge in [-0.15, -0.1) is 0 Å². The first-order valence-electron chi connectivity index (χ1n) is 6.98. The molecular weight excluding hydrogens is 295 g/mol. The largest absolute Gasteiger partial charge is 0.342 e. The third-order valence-corrected chi connectivity index (χ3v) is 4.75. The SMILES string of the molecule is CCC1CN(C(=O)Cc2ccc(Cl)c(Cl)c2)CCC1N. The number of hydrogen-bond donors (Lipinski definition) is 1. The molecular formula is C15H20Cl2N2O. The summed E-state index contributed by atoms with van der Waals surface area (Å²) in [5.74, 6) is 0.537. The van der Waals surface area contributed by atoms with Crippen molar-refractivity contribution in [2.75, 3.05) is 13.1 Å². The third-order valence-electron chi connectivity index (χ3n) is 4.01. The number of nitrogens with two attached hydrogens (primary N) is 1. The van der Waals surface area contributed by atoms with Crippen LogP contribution in [0.25, 0.3) is 0 Å². The fourth-order valence-corrected chi connectivity index (χ4v) is 2.97. The van der Waals surface area contributed by atoms with Gasteiger partial charge in [-0.25, -0.2) is 0 Å². The minimum absolute atomic E-state index is 0.133. The molecule has 2 N–H and O–H groups in total. The van der Waals surface area contributed by atoms with Gasteiger partial charge in [0.1, 0.15) is 0 Å². The number of hydrogen-bond acceptors (Lipinski definition) is 2. The smallest absolute Gasteiger partial charge is 0.227 e. The highest BCUT2D eigenvalue weighted by Crippen LogP contribution is 2.24. The Kier molecular flexibility index (Phi) is 5.30. The maximum absolute atomic E-state index is 12.3. The Morgan fingerprint density at radius 3 is 2.80 bits per heavy atom. The normalized spacial score (nSPS) is 22.9. The van der Waals surface area contributed by atoms with Crippen LogP contribution in [0.3, 0.4) is 0 Å². The molecule has 5 heteroatoms. The van der Waals surface area contributed by atoms with Crippen LogP contribution in [-0.4, -0.2) is 29.9 Å². The summed E-state index contributed by atoms with van der Waals surface area (Å²) >= 11 is 11.9. The maximum Gasteiger partial charge on any atom is 0.227 e. The van der Waals surface area contributed by atoms with Crippen molar-refractivity contribution in [2.24, 2.45) is 11.7 Å². The number of carbonyl (C=O) groups is 1. The van der Waals surface area contributed by atoms with E-state index in [9.17, 15) is 4.79 Å². The fourth-order valence-electron chi connectivity index (χ4n) is 2.64. The van der Waals surface area contributed by atoms with Gasteiger partial charge >= 0.3 is 0 Å². The highest BCUT2D eigenvalue weighted by molar-refractivity contribution is 6.42. The van der Waals surface area contributed by atoms with Crippen LogP contribution in [-0.2, 0) is 11.2 Å². The number of halogens is 2. The van der Waals surface area contributed by atoms with Gasteiger partial charge in [-0.1, -0.05) is 42.6 Å². The van der Waals surface area contributed by atoms with Gasteiger partial charge < -0.3 is 10.6 Å².